The normalized spacial score (nSPS) is 23.2. The van der Waals surface area contributed by atoms with Gasteiger partial charge in [0.25, 0.3) is 0 Å². The molecule has 6 nitrogen and oxygen atoms in total. The molecule has 0 aliphatic carbocycles. The molecule has 2 fully saturated rings. The molecule has 2 atom stereocenters. The Morgan fingerprint density at radius 1 is 1.07 bits per heavy atom. The molecule has 1 amide bonds. The molecule has 0 aromatic heterocycles. The predicted molar refractivity (Wildman–Crippen MR) is 115 cm³/mol. The first kappa shape index (κ1) is 22.2. The van der Waals surface area contributed by atoms with Crippen LogP contribution in [0, 0.1) is 13.8 Å². The van der Waals surface area contributed by atoms with Gasteiger partial charge in [0.15, 0.2) is 0 Å². The number of piperidine rings is 1. The first-order chi connectivity index (χ1) is 13.8. The number of carbonyl (C=O) groups is 1. The van der Waals surface area contributed by atoms with Crippen LogP contribution < -0.4 is 0 Å². The fraction of sp³-hybridized carbons (Fsp3) is 0.682. The number of sulfonamides is 1. The number of carbonyl (C=O) groups excluding carboxylic acids is 1. The molecular weight excluding hydrogens is 386 g/mol. The molecule has 2 heterocycles. The van der Waals surface area contributed by atoms with Crippen LogP contribution in [0.2, 0.25) is 0 Å². The molecule has 0 radical (unpaired) electrons. The topological polar surface area (TPSA) is 60.9 Å². The summed E-state index contributed by atoms with van der Waals surface area (Å²) >= 11 is 0. The maximum Gasteiger partial charge on any atom is 0.243 e. The van der Waals surface area contributed by atoms with E-state index in [0.29, 0.717) is 37.1 Å². The van der Waals surface area contributed by atoms with Gasteiger partial charge in [-0.15, -0.1) is 0 Å². The Hall–Kier alpha value is -1.44. The zero-order valence-electron chi connectivity index (χ0n) is 18.2. The molecule has 2 unspecified atom stereocenters. The molecule has 162 valence electrons. The first-order valence-electron chi connectivity index (χ1n) is 10.9. The van der Waals surface area contributed by atoms with Crippen molar-refractivity contribution in [2.75, 3.05) is 32.7 Å². The van der Waals surface area contributed by atoms with Crippen LogP contribution >= 0.6 is 0 Å². The van der Waals surface area contributed by atoms with Crippen LogP contribution in [0.4, 0.5) is 0 Å². The van der Waals surface area contributed by atoms with E-state index in [1.54, 1.807) is 16.4 Å². The average molecular weight is 422 g/mol. The van der Waals surface area contributed by atoms with E-state index in [2.05, 4.69) is 16.7 Å². The fourth-order valence-electron chi connectivity index (χ4n) is 4.47. The summed E-state index contributed by atoms with van der Waals surface area (Å²) in [6, 6.07) is 5.46. The molecule has 3 rings (SSSR count). The van der Waals surface area contributed by atoms with Crippen LogP contribution in [0.1, 0.15) is 50.7 Å². The molecule has 2 saturated heterocycles. The Kier molecular flexibility index (Phi) is 7.02. The van der Waals surface area contributed by atoms with Crippen LogP contribution in [0.25, 0.3) is 0 Å². The Morgan fingerprint density at radius 2 is 1.76 bits per heavy atom. The highest BCUT2D eigenvalue weighted by atomic mass is 32.2. The van der Waals surface area contributed by atoms with Crippen molar-refractivity contribution in [2.24, 2.45) is 0 Å². The number of benzene rings is 1. The largest absolute Gasteiger partial charge is 0.338 e. The van der Waals surface area contributed by atoms with E-state index in [1.165, 1.54) is 6.42 Å². The van der Waals surface area contributed by atoms with Crippen LogP contribution in [0.15, 0.2) is 23.1 Å². The van der Waals surface area contributed by atoms with Gasteiger partial charge in [0.05, 0.1) is 10.9 Å². The quantitative estimate of drug-likeness (QED) is 0.734. The van der Waals surface area contributed by atoms with E-state index in [1.807, 2.05) is 26.8 Å². The number of amides is 1. The summed E-state index contributed by atoms with van der Waals surface area (Å²) < 4.78 is 27.6. The van der Waals surface area contributed by atoms with Crippen molar-refractivity contribution in [2.45, 2.75) is 70.4 Å². The highest BCUT2D eigenvalue weighted by molar-refractivity contribution is 7.89. The smallest absolute Gasteiger partial charge is 0.243 e. The number of nitrogens with zero attached hydrogens (tertiary/aromatic N) is 3. The number of rotatable bonds is 5. The molecule has 1 aromatic rings. The molecule has 2 aliphatic heterocycles. The van der Waals surface area contributed by atoms with Gasteiger partial charge in [-0.25, -0.2) is 8.42 Å². The second-order valence-corrected chi connectivity index (χ2v) is 10.4. The Bertz CT molecular complexity index is 832. The number of aryl methyl sites for hydroxylation is 2. The molecule has 29 heavy (non-hydrogen) atoms. The van der Waals surface area contributed by atoms with Gasteiger partial charge >= 0.3 is 0 Å². The molecule has 0 saturated carbocycles. The molecule has 0 bridgehead atoms. The number of hydrogen-bond acceptors (Lipinski definition) is 4. The van der Waals surface area contributed by atoms with E-state index in [4.69, 9.17) is 0 Å². The molecule has 0 N–H and O–H groups in total. The second-order valence-electron chi connectivity index (χ2n) is 8.45. The minimum absolute atomic E-state index is 0.196. The summed E-state index contributed by atoms with van der Waals surface area (Å²) in [6.07, 6.45) is 4.38. The summed E-state index contributed by atoms with van der Waals surface area (Å²) in [5.41, 5.74) is 2.07. The zero-order valence-corrected chi connectivity index (χ0v) is 19.0. The predicted octanol–water partition coefficient (Wildman–Crippen LogP) is 2.79. The standard InChI is InChI=1S/C22H35N3O3S/c1-5-20-8-6-7-11-25(20)22(26)19(4)23-12-14-24(15-13-23)29(27,28)21-10-9-17(2)18(3)16-21/h9-10,16,19-20H,5-8,11-15H2,1-4H3. The maximum absolute atomic E-state index is 13.1. The van der Waals surface area contributed by atoms with Gasteiger partial charge < -0.3 is 4.90 Å². The van der Waals surface area contributed by atoms with Crippen molar-refractivity contribution < 1.29 is 13.2 Å². The SMILES string of the molecule is CCC1CCCCN1C(=O)C(C)N1CCN(S(=O)(=O)c2ccc(C)c(C)c2)CC1. The highest BCUT2D eigenvalue weighted by Crippen LogP contribution is 2.24. The lowest BCUT2D eigenvalue weighted by molar-refractivity contribution is -0.140. The van der Waals surface area contributed by atoms with Crippen molar-refractivity contribution in [3.05, 3.63) is 29.3 Å². The van der Waals surface area contributed by atoms with Crippen molar-refractivity contribution in [3.63, 3.8) is 0 Å². The van der Waals surface area contributed by atoms with Crippen LogP contribution in [0.5, 0.6) is 0 Å². The Morgan fingerprint density at radius 3 is 2.38 bits per heavy atom. The van der Waals surface area contributed by atoms with Crippen molar-refractivity contribution in [1.82, 2.24) is 14.1 Å². The molecular formula is C22H35N3O3S. The lowest BCUT2D eigenvalue weighted by Gasteiger charge is -2.41. The van der Waals surface area contributed by atoms with Gasteiger partial charge in [-0.3, -0.25) is 9.69 Å². The zero-order chi connectivity index (χ0) is 21.2. The summed E-state index contributed by atoms with van der Waals surface area (Å²) in [6.45, 7) is 10.9. The number of hydrogen-bond donors (Lipinski definition) is 0. The van der Waals surface area contributed by atoms with Gasteiger partial charge in [0, 0.05) is 38.8 Å². The maximum atomic E-state index is 13.1. The first-order valence-corrected chi connectivity index (χ1v) is 12.3. The van der Waals surface area contributed by atoms with E-state index >= 15 is 0 Å². The van der Waals surface area contributed by atoms with Crippen LogP contribution in [0.3, 0.4) is 0 Å². The summed E-state index contributed by atoms with van der Waals surface area (Å²) in [5.74, 6) is 0.196. The van der Waals surface area contributed by atoms with Gasteiger partial charge in [0.2, 0.25) is 15.9 Å². The minimum atomic E-state index is -3.49. The average Bonchev–Trinajstić information content (AvgIpc) is 2.74. The van der Waals surface area contributed by atoms with Gasteiger partial charge in [0.1, 0.15) is 0 Å². The third-order valence-corrected chi connectivity index (χ3v) is 8.57. The van der Waals surface area contributed by atoms with Crippen LogP contribution in [-0.4, -0.2) is 73.2 Å². The second kappa shape index (κ2) is 9.14. The van der Waals surface area contributed by atoms with Gasteiger partial charge in [-0.05, 0) is 69.7 Å². The highest BCUT2D eigenvalue weighted by Gasteiger charge is 2.35. The number of likely N-dealkylation sites (tertiary alicyclic amines) is 1. The lowest BCUT2D eigenvalue weighted by atomic mass is 9.99. The molecule has 0 spiro atoms. The monoisotopic (exact) mass is 421 g/mol. The third kappa shape index (κ3) is 4.67. The minimum Gasteiger partial charge on any atom is -0.338 e. The van der Waals surface area contributed by atoms with E-state index in [0.717, 1.165) is 36.9 Å². The van der Waals surface area contributed by atoms with E-state index in [9.17, 15) is 13.2 Å². The molecule has 7 heteroatoms. The number of piperazine rings is 1. The lowest BCUT2D eigenvalue weighted by Crippen LogP contribution is -2.57. The summed E-state index contributed by atoms with van der Waals surface area (Å²) in [5, 5.41) is 0. The molecule has 2 aliphatic rings. The van der Waals surface area contributed by atoms with Gasteiger partial charge in [-0.2, -0.15) is 4.31 Å². The van der Waals surface area contributed by atoms with Crippen molar-refractivity contribution in [3.8, 4) is 0 Å². The Labute approximate surface area is 175 Å². The third-order valence-electron chi connectivity index (χ3n) is 6.68. The van der Waals surface area contributed by atoms with Crippen molar-refractivity contribution in [1.29, 1.82) is 0 Å². The van der Waals surface area contributed by atoms with Crippen LogP contribution in [-0.2, 0) is 14.8 Å². The van der Waals surface area contributed by atoms with E-state index in [-0.39, 0.29) is 11.9 Å². The van der Waals surface area contributed by atoms with Crippen molar-refractivity contribution >= 4 is 15.9 Å². The van der Waals surface area contributed by atoms with E-state index < -0.39 is 10.0 Å². The molecule has 1 aromatic carbocycles. The summed E-state index contributed by atoms with van der Waals surface area (Å²) in [7, 11) is -3.49. The van der Waals surface area contributed by atoms with Gasteiger partial charge in [-0.1, -0.05) is 13.0 Å². The summed E-state index contributed by atoms with van der Waals surface area (Å²) in [4.78, 5) is 17.6. The Balaban J connectivity index is 1.63. The fourth-order valence-corrected chi connectivity index (χ4v) is 5.97.